The predicted molar refractivity (Wildman–Crippen MR) is 104 cm³/mol. The van der Waals surface area contributed by atoms with Crippen LogP contribution in [0, 0.1) is 0 Å². The monoisotopic (exact) mass is 428 g/mol. The Balaban J connectivity index is 1.86. The van der Waals surface area contributed by atoms with E-state index in [0.29, 0.717) is 20.4 Å². The van der Waals surface area contributed by atoms with Crippen LogP contribution in [-0.2, 0) is 21.7 Å². The van der Waals surface area contributed by atoms with Gasteiger partial charge in [-0.1, -0.05) is 52.7 Å². The molecule has 0 spiro atoms. The maximum Gasteiger partial charge on any atom is 0.249 e. The first-order chi connectivity index (χ1) is 12.3. The summed E-state index contributed by atoms with van der Waals surface area (Å²) in [7, 11) is -1.79. The Morgan fingerprint density at radius 3 is 2.42 bits per heavy atom. The fourth-order valence-corrected chi connectivity index (χ4v) is 5.34. The van der Waals surface area contributed by atoms with Crippen molar-refractivity contribution < 1.29 is 13.2 Å². The lowest BCUT2D eigenvalue weighted by molar-refractivity contribution is -0.117. The SMILES string of the molecule is Cn1c(=NC(=O)CCS(=O)(=O)c2ccccc2)sc2c(Cl)ccc(Cl)c21. The van der Waals surface area contributed by atoms with Gasteiger partial charge < -0.3 is 4.57 Å². The smallest absolute Gasteiger partial charge is 0.249 e. The number of rotatable bonds is 4. The highest BCUT2D eigenvalue weighted by molar-refractivity contribution is 7.91. The lowest BCUT2D eigenvalue weighted by Gasteiger charge is -2.02. The topological polar surface area (TPSA) is 68.5 Å². The molecule has 3 aromatic rings. The third-order valence-corrected chi connectivity index (χ3v) is 7.39. The van der Waals surface area contributed by atoms with Gasteiger partial charge in [-0.2, -0.15) is 4.99 Å². The largest absolute Gasteiger partial charge is 0.318 e. The van der Waals surface area contributed by atoms with Crippen molar-refractivity contribution in [2.75, 3.05) is 5.75 Å². The van der Waals surface area contributed by atoms with E-state index < -0.39 is 15.7 Å². The molecule has 9 heteroatoms. The number of thiazole rings is 1. The molecule has 0 aliphatic carbocycles. The first-order valence-electron chi connectivity index (χ1n) is 7.58. The van der Waals surface area contributed by atoms with Gasteiger partial charge in [0, 0.05) is 13.5 Å². The van der Waals surface area contributed by atoms with E-state index in [-0.39, 0.29) is 17.1 Å². The quantitative estimate of drug-likeness (QED) is 0.633. The third kappa shape index (κ3) is 3.86. The number of hydrogen-bond acceptors (Lipinski definition) is 4. The summed E-state index contributed by atoms with van der Waals surface area (Å²) in [5.74, 6) is -0.811. The van der Waals surface area contributed by atoms with Gasteiger partial charge >= 0.3 is 0 Å². The van der Waals surface area contributed by atoms with Crippen molar-refractivity contribution in [3.8, 4) is 0 Å². The maximum absolute atomic E-state index is 12.3. The fourth-order valence-electron chi connectivity index (χ4n) is 2.42. The van der Waals surface area contributed by atoms with Gasteiger partial charge in [-0.25, -0.2) is 8.42 Å². The van der Waals surface area contributed by atoms with Gasteiger partial charge in [0.25, 0.3) is 0 Å². The Morgan fingerprint density at radius 2 is 1.77 bits per heavy atom. The van der Waals surface area contributed by atoms with E-state index in [1.54, 1.807) is 41.9 Å². The van der Waals surface area contributed by atoms with E-state index in [1.165, 1.54) is 23.5 Å². The molecule has 3 rings (SSSR count). The Kier molecular flexibility index (Phi) is 5.53. The minimum atomic E-state index is -3.52. The Morgan fingerprint density at radius 1 is 1.12 bits per heavy atom. The highest BCUT2D eigenvalue weighted by Crippen LogP contribution is 2.31. The lowest BCUT2D eigenvalue weighted by atomic mass is 10.3. The Hall–Kier alpha value is -1.67. The number of aryl methyl sites for hydroxylation is 1. The molecule has 1 amide bonds. The molecule has 0 radical (unpaired) electrons. The first-order valence-corrected chi connectivity index (χ1v) is 10.8. The van der Waals surface area contributed by atoms with E-state index in [0.717, 1.165) is 4.70 Å². The van der Waals surface area contributed by atoms with Crippen molar-refractivity contribution in [2.24, 2.45) is 12.0 Å². The number of halogens is 2. The molecule has 2 aromatic carbocycles. The Bertz CT molecular complexity index is 1150. The molecule has 1 aromatic heterocycles. The molecule has 0 unspecified atom stereocenters. The number of carbonyl (C=O) groups is 1. The molecule has 0 aliphatic rings. The van der Waals surface area contributed by atoms with Crippen molar-refractivity contribution in [3.05, 3.63) is 57.3 Å². The maximum atomic E-state index is 12.3. The van der Waals surface area contributed by atoms with E-state index in [4.69, 9.17) is 23.2 Å². The molecule has 0 fully saturated rings. The van der Waals surface area contributed by atoms with Gasteiger partial charge in [0.05, 0.1) is 30.9 Å². The first kappa shape index (κ1) is 19.1. The van der Waals surface area contributed by atoms with Gasteiger partial charge in [0.2, 0.25) is 5.91 Å². The van der Waals surface area contributed by atoms with Crippen molar-refractivity contribution in [3.63, 3.8) is 0 Å². The molecular formula is C17H14Cl2N2O3S2. The average molecular weight is 429 g/mol. The number of sulfone groups is 1. The fraction of sp³-hybridized carbons (Fsp3) is 0.176. The summed E-state index contributed by atoms with van der Waals surface area (Å²) < 4.78 is 26.9. The van der Waals surface area contributed by atoms with Gasteiger partial charge in [0.1, 0.15) is 0 Å². The summed E-state index contributed by atoms with van der Waals surface area (Å²) in [6.45, 7) is 0. The van der Waals surface area contributed by atoms with Crippen LogP contribution in [0.3, 0.4) is 0 Å². The van der Waals surface area contributed by atoms with Crippen LogP contribution in [0.15, 0.2) is 52.4 Å². The minimum absolute atomic E-state index is 0.193. The van der Waals surface area contributed by atoms with E-state index >= 15 is 0 Å². The molecule has 26 heavy (non-hydrogen) atoms. The van der Waals surface area contributed by atoms with Gasteiger partial charge in [-0.05, 0) is 24.3 Å². The van der Waals surface area contributed by atoms with Gasteiger partial charge in [-0.15, -0.1) is 0 Å². The molecule has 0 bridgehead atoms. The summed E-state index contributed by atoms with van der Waals surface area (Å²) in [6.07, 6.45) is -0.201. The van der Waals surface area contributed by atoms with Crippen LogP contribution < -0.4 is 4.80 Å². The minimum Gasteiger partial charge on any atom is -0.318 e. The molecule has 5 nitrogen and oxygen atoms in total. The van der Waals surface area contributed by atoms with E-state index in [9.17, 15) is 13.2 Å². The zero-order chi connectivity index (χ0) is 18.9. The summed E-state index contributed by atoms with van der Waals surface area (Å²) in [6, 6.07) is 11.4. The summed E-state index contributed by atoms with van der Waals surface area (Å²) >= 11 is 13.6. The van der Waals surface area contributed by atoms with Crippen LogP contribution in [0.4, 0.5) is 0 Å². The van der Waals surface area contributed by atoms with Crippen molar-refractivity contribution >= 4 is 60.5 Å². The molecule has 0 N–H and O–H groups in total. The van der Waals surface area contributed by atoms with Crippen molar-refractivity contribution in [1.29, 1.82) is 0 Å². The second-order valence-electron chi connectivity index (χ2n) is 5.54. The van der Waals surface area contributed by atoms with Crippen LogP contribution >= 0.6 is 34.5 Å². The van der Waals surface area contributed by atoms with Crippen LogP contribution in [0.2, 0.25) is 10.0 Å². The zero-order valence-electron chi connectivity index (χ0n) is 13.6. The molecule has 0 aliphatic heterocycles. The average Bonchev–Trinajstić information content (AvgIpc) is 2.95. The van der Waals surface area contributed by atoms with E-state index in [1.807, 2.05) is 0 Å². The second-order valence-corrected chi connectivity index (χ2v) is 9.44. The summed E-state index contributed by atoms with van der Waals surface area (Å²) in [4.78, 5) is 16.8. The zero-order valence-corrected chi connectivity index (χ0v) is 16.8. The number of hydrogen-bond donors (Lipinski definition) is 0. The molecule has 136 valence electrons. The third-order valence-electron chi connectivity index (χ3n) is 3.76. The number of aromatic nitrogens is 1. The highest BCUT2D eigenvalue weighted by atomic mass is 35.5. The Labute approximate surface area is 164 Å². The second kappa shape index (κ2) is 7.52. The van der Waals surface area contributed by atoms with E-state index in [2.05, 4.69) is 4.99 Å². The lowest BCUT2D eigenvalue weighted by Crippen LogP contribution is -2.16. The van der Waals surface area contributed by atoms with Gasteiger partial charge in [0.15, 0.2) is 14.6 Å². The molecule has 1 heterocycles. The standard InChI is InChI=1S/C17H14Cl2N2O3S2/c1-21-15-12(18)7-8-13(19)16(15)25-17(21)20-14(22)9-10-26(23,24)11-5-3-2-4-6-11/h2-8H,9-10H2,1H3. The van der Waals surface area contributed by atoms with Crippen molar-refractivity contribution in [1.82, 2.24) is 4.57 Å². The number of carbonyl (C=O) groups excluding carboxylic acids is 1. The number of amides is 1. The van der Waals surface area contributed by atoms with Crippen LogP contribution in [0.1, 0.15) is 6.42 Å². The van der Waals surface area contributed by atoms with Crippen molar-refractivity contribution in [2.45, 2.75) is 11.3 Å². The van der Waals surface area contributed by atoms with Gasteiger partial charge in [-0.3, -0.25) is 4.79 Å². The molecule has 0 saturated heterocycles. The van der Waals surface area contributed by atoms with Crippen LogP contribution in [0.25, 0.3) is 10.2 Å². The molecular weight excluding hydrogens is 415 g/mol. The van der Waals surface area contributed by atoms with Crippen LogP contribution in [0.5, 0.6) is 0 Å². The number of nitrogens with zero attached hydrogens (tertiary/aromatic N) is 2. The molecule has 0 atom stereocenters. The normalized spacial score (nSPS) is 12.7. The number of benzene rings is 2. The summed E-state index contributed by atoms with van der Waals surface area (Å²) in [5.41, 5.74) is 0.688. The predicted octanol–water partition coefficient (Wildman–Crippen LogP) is 3.84. The molecule has 0 saturated carbocycles. The summed E-state index contributed by atoms with van der Waals surface area (Å²) in [5, 5.41) is 1.02. The van der Waals surface area contributed by atoms with Crippen LogP contribution in [-0.4, -0.2) is 24.6 Å². The highest BCUT2D eigenvalue weighted by Gasteiger charge is 2.16. The number of fused-ring (bicyclic) bond motifs is 1.